The maximum atomic E-state index is 14.1. The van der Waals surface area contributed by atoms with E-state index >= 15 is 0 Å². The number of hydrogen-bond donors (Lipinski definition) is 1. The minimum absolute atomic E-state index is 0.00974. The van der Waals surface area contributed by atoms with Gasteiger partial charge < -0.3 is 10.0 Å². The molecule has 0 atom stereocenters. The minimum atomic E-state index is -1.08. The molecule has 2 aliphatic rings. The third kappa shape index (κ3) is 2.39. The highest BCUT2D eigenvalue weighted by atomic mass is 19.1. The first-order valence-electron chi connectivity index (χ1n) is 7.38. The Hall–Kier alpha value is -1.58. The molecule has 1 aliphatic carbocycles. The Kier molecular flexibility index (Phi) is 3.40. The third-order valence-corrected chi connectivity index (χ3v) is 5.02. The first-order valence-corrected chi connectivity index (χ1v) is 7.38. The summed E-state index contributed by atoms with van der Waals surface area (Å²) in [5.41, 5.74) is 1.06. The molecular weight excluding hydrogens is 257 g/mol. The lowest BCUT2D eigenvalue weighted by molar-refractivity contribution is 0.0696. The van der Waals surface area contributed by atoms with Crippen LogP contribution in [-0.4, -0.2) is 24.2 Å². The van der Waals surface area contributed by atoms with Crippen LogP contribution in [0.15, 0.2) is 18.2 Å². The number of carbonyl (C=O) groups is 1. The maximum Gasteiger partial charge on any atom is 0.335 e. The Bertz CT molecular complexity index is 513. The van der Waals surface area contributed by atoms with E-state index in [0.29, 0.717) is 11.1 Å². The zero-order chi connectivity index (χ0) is 14.2. The lowest BCUT2D eigenvalue weighted by atomic mass is 9.77. The molecule has 3 rings (SSSR count). The van der Waals surface area contributed by atoms with Crippen LogP contribution in [0.2, 0.25) is 0 Å². The van der Waals surface area contributed by atoms with Crippen molar-refractivity contribution in [1.29, 1.82) is 0 Å². The number of hydrogen-bond acceptors (Lipinski definition) is 2. The highest BCUT2D eigenvalue weighted by molar-refractivity contribution is 5.88. The van der Waals surface area contributed by atoms with E-state index in [2.05, 4.69) is 4.90 Å². The molecule has 1 aromatic carbocycles. The van der Waals surface area contributed by atoms with Crippen LogP contribution in [0, 0.1) is 11.2 Å². The summed E-state index contributed by atoms with van der Waals surface area (Å²) in [5.74, 6) is -1.51. The molecule has 1 heterocycles. The van der Waals surface area contributed by atoms with E-state index in [1.807, 2.05) is 0 Å². The second-order valence-corrected chi connectivity index (χ2v) is 6.17. The van der Waals surface area contributed by atoms with Gasteiger partial charge in [-0.1, -0.05) is 12.8 Å². The monoisotopic (exact) mass is 277 g/mol. The lowest BCUT2D eigenvalue weighted by Gasteiger charge is -2.40. The summed E-state index contributed by atoms with van der Waals surface area (Å²) in [6, 6.07) is 4.21. The number of aromatic carboxylic acids is 1. The molecule has 3 nitrogen and oxygen atoms in total. The summed E-state index contributed by atoms with van der Waals surface area (Å²) in [4.78, 5) is 12.9. The van der Waals surface area contributed by atoms with Gasteiger partial charge in [-0.15, -0.1) is 0 Å². The summed E-state index contributed by atoms with van der Waals surface area (Å²) >= 11 is 0. The molecule has 0 amide bonds. The molecule has 2 fully saturated rings. The van der Waals surface area contributed by atoms with Gasteiger partial charge in [-0.2, -0.15) is 0 Å². The van der Waals surface area contributed by atoms with E-state index in [0.717, 1.165) is 32.0 Å². The van der Waals surface area contributed by atoms with Crippen molar-refractivity contribution < 1.29 is 14.3 Å². The van der Waals surface area contributed by atoms with Crippen molar-refractivity contribution in [3.8, 4) is 0 Å². The number of anilines is 1. The Morgan fingerprint density at radius 1 is 1.15 bits per heavy atom. The van der Waals surface area contributed by atoms with Crippen molar-refractivity contribution in [3.63, 3.8) is 0 Å². The second kappa shape index (κ2) is 5.08. The molecule has 108 valence electrons. The molecule has 0 radical (unpaired) electrons. The number of nitrogens with zero attached hydrogens (tertiary/aromatic N) is 1. The van der Waals surface area contributed by atoms with Crippen LogP contribution in [0.1, 0.15) is 48.9 Å². The smallest absolute Gasteiger partial charge is 0.335 e. The van der Waals surface area contributed by atoms with Crippen molar-refractivity contribution in [1.82, 2.24) is 0 Å². The van der Waals surface area contributed by atoms with Crippen molar-refractivity contribution in [3.05, 3.63) is 29.6 Å². The minimum Gasteiger partial charge on any atom is -0.478 e. The van der Waals surface area contributed by atoms with Gasteiger partial charge in [-0.3, -0.25) is 0 Å². The van der Waals surface area contributed by atoms with Gasteiger partial charge >= 0.3 is 5.97 Å². The summed E-state index contributed by atoms with van der Waals surface area (Å²) < 4.78 is 14.1. The second-order valence-electron chi connectivity index (χ2n) is 6.17. The summed E-state index contributed by atoms with van der Waals surface area (Å²) in [5, 5.41) is 8.87. The standard InChI is InChI=1S/C16H20FNO2/c17-13-11-12(15(19)20)3-4-14(13)18-9-7-16(8-10-18)5-1-2-6-16/h3-4,11H,1-2,5-10H2,(H,19,20). The van der Waals surface area contributed by atoms with Gasteiger partial charge in [0.1, 0.15) is 5.82 Å². The summed E-state index contributed by atoms with van der Waals surface area (Å²) in [7, 11) is 0. The van der Waals surface area contributed by atoms with Crippen LogP contribution in [-0.2, 0) is 0 Å². The van der Waals surface area contributed by atoms with E-state index in [9.17, 15) is 9.18 Å². The highest BCUT2D eigenvalue weighted by Gasteiger charge is 2.37. The average molecular weight is 277 g/mol. The van der Waals surface area contributed by atoms with E-state index < -0.39 is 11.8 Å². The fraction of sp³-hybridized carbons (Fsp3) is 0.562. The predicted octanol–water partition coefficient (Wildman–Crippen LogP) is 3.68. The molecule has 1 saturated carbocycles. The molecule has 0 aromatic heterocycles. The average Bonchev–Trinajstić information content (AvgIpc) is 2.88. The molecule has 0 unspecified atom stereocenters. The molecule has 1 N–H and O–H groups in total. The number of rotatable bonds is 2. The number of carboxylic acid groups (broad SMARTS) is 1. The van der Waals surface area contributed by atoms with Gasteiger partial charge in [0.15, 0.2) is 0 Å². The van der Waals surface area contributed by atoms with Crippen LogP contribution in [0.25, 0.3) is 0 Å². The normalized spacial score (nSPS) is 21.4. The van der Waals surface area contributed by atoms with Crippen molar-refractivity contribution >= 4 is 11.7 Å². The largest absolute Gasteiger partial charge is 0.478 e. The molecule has 20 heavy (non-hydrogen) atoms. The van der Waals surface area contributed by atoms with E-state index in [1.54, 1.807) is 6.07 Å². The summed E-state index contributed by atoms with van der Waals surface area (Å²) in [6.07, 6.45) is 7.58. The van der Waals surface area contributed by atoms with E-state index in [4.69, 9.17) is 5.11 Å². The van der Waals surface area contributed by atoms with Gasteiger partial charge in [-0.05, 0) is 49.3 Å². The van der Waals surface area contributed by atoms with Gasteiger partial charge in [0.25, 0.3) is 0 Å². The first kappa shape index (κ1) is 13.4. The van der Waals surface area contributed by atoms with Crippen molar-refractivity contribution in [2.24, 2.45) is 5.41 Å². The fourth-order valence-corrected chi connectivity index (χ4v) is 3.74. The fourth-order valence-electron chi connectivity index (χ4n) is 3.74. The predicted molar refractivity (Wildman–Crippen MR) is 75.7 cm³/mol. The molecule has 4 heteroatoms. The van der Waals surface area contributed by atoms with Gasteiger partial charge in [0.05, 0.1) is 11.3 Å². The molecule has 1 aliphatic heterocycles. The van der Waals surface area contributed by atoms with Crippen molar-refractivity contribution in [2.45, 2.75) is 38.5 Å². The van der Waals surface area contributed by atoms with Crippen LogP contribution in [0.3, 0.4) is 0 Å². The quantitative estimate of drug-likeness (QED) is 0.896. The third-order valence-electron chi connectivity index (χ3n) is 5.02. The van der Waals surface area contributed by atoms with E-state index in [1.165, 1.54) is 31.7 Å². The number of benzene rings is 1. The first-order chi connectivity index (χ1) is 9.60. The topological polar surface area (TPSA) is 40.5 Å². The zero-order valence-electron chi connectivity index (χ0n) is 11.6. The lowest BCUT2D eigenvalue weighted by Crippen LogP contribution is -2.39. The van der Waals surface area contributed by atoms with Gasteiger partial charge in [0, 0.05) is 13.1 Å². The Balaban J connectivity index is 1.73. The SMILES string of the molecule is O=C(O)c1ccc(N2CCC3(CCCC3)CC2)c(F)c1. The van der Waals surface area contributed by atoms with Crippen molar-refractivity contribution in [2.75, 3.05) is 18.0 Å². The molecule has 0 bridgehead atoms. The molecular formula is C16H20FNO2. The Morgan fingerprint density at radius 2 is 1.80 bits per heavy atom. The van der Waals surface area contributed by atoms with Crippen LogP contribution < -0.4 is 4.90 Å². The Labute approximate surface area is 118 Å². The van der Waals surface area contributed by atoms with Crippen LogP contribution in [0.5, 0.6) is 0 Å². The van der Waals surface area contributed by atoms with Crippen LogP contribution in [0.4, 0.5) is 10.1 Å². The van der Waals surface area contributed by atoms with Crippen LogP contribution >= 0.6 is 0 Å². The molecule has 1 saturated heterocycles. The highest BCUT2D eigenvalue weighted by Crippen LogP contribution is 2.46. The number of carboxylic acids is 1. The number of piperidine rings is 1. The molecule has 1 aromatic rings. The Morgan fingerprint density at radius 3 is 2.35 bits per heavy atom. The van der Waals surface area contributed by atoms with E-state index in [-0.39, 0.29) is 5.56 Å². The molecule has 1 spiro atoms. The summed E-state index contributed by atoms with van der Waals surface area (Å²) in [6.45, 7) is 1.76. The number of halogens is 1. The van der Waals surface area contributed by atoms with Gasteiger partial charge in [0.2, 0.25) is 0 Å². The maximum absolute atomic E-state index is 14.1. The van der Waals surface area contributed by atoms with Gasteiger partial charge in [-0.25, -0.2) is 9.18 Å². The zero-order valence-corrected chi connectivity index (χ0v) is 11.6.